The lowest BCUT2D eigenvalue weighted by molar-refractivity contribution is 0.0699. The number of halogens is 1. The highest BCUT2D eigenvalue weighted by atomic mass is 35.5. The molecule has 0 saturated heterocycles. The summed E-state index contributed by atoms with van der Waals surface area (Å²) >= 11 is 5.84. The van der Waals surface area contributed by atoms with Gasteiger partial charge < -0.3 is 10.8 Å². The molecule has 0 aliphatic carbocycles. The normalized spacial score (nSPS) is 11.6. The second kappa shape index (κ2) is 4.83. The van der Waals surface area contributed by atoms with E-state index in [0.717, 1.165) is 0 Å². The van der Waals surface area contributed by atoms with Crippen LogP contribution in [0.3, 0.4) is 0 Å². The molecule has 106 valence electrons. The van der Waals surface area contributed by atoms with E-state index in [4.69, 9.17) is 17.3 Å². The van der Waals surface area contributed by atoms with E-state index in [1.54, 1.807) is 24.3 Å². The van der Waals surface area contributed by atoms with Gasteiger partial charge in [0.1, 0.15) is 17.1 Å². The highest BCUT2D eigenvalue weighted by molar-refractivity contribution is 6.30. The Bertz CT molecular complexity index is 654. The fraction of sp³-hybridized carbons (Fsp3) is 0.286. The second-order valence-corrected chi connectivity index (χ2v) is 5.94. The van der Waals surface area contributed by atoms with Crippen LogP contribution in [0.25, 0.3) is 11.3 Å². The van der Waals surface area contributed by atoms with E-state index in [2.05, 4.69) is 5.10 Å². The average molecular weight is 294 g/mol. The van der Waals surface area contributed by atoms with Crippen LogP contribution in [0.1, 0.15) is 31.1 Å². The maximum absolute atomic E-state index is 11.5. The summed E-state index contributed by atoms with van der Waals surface area (Å²) < 4.78 is 1.53. The molecule has 0 atom stereocenters. The summed E-state index contributed by atoms with van der Waals surface area (Å²) in [7, 11) is 0. The number of benzene rings is 1. The van der Waals surface area contributed by atoms with Crippen molar-refractivity contribution in [2.24, 2.45) is 0 Å². The summed E-state index contributed by atoms with van der Waals surface area (Å²) in [6, 6.07) is 6.83. The SMILES string of the molecule is CC(C)(C)n1nc(-c2ccc(Cl)cc2)c(C(=O)O)c1N. The number of anilines is 1. The molecule has 0 bridgehead atoms. The van der Waals surface area contributed by atoms with Crippen LogP contribution in [-0.4, -0.2) is 20.9 Å². The van der Waals surface area contributed by atoms with Gasteiger partial charge in [-0.2, -0.15) is 5.10 Å². The van der Waals surface area contributed by atoms with Crippen molar-refractivity contribution in [3.05, 3.63) is 34.9 Å². The molecule has 1 aromatic carbocycles. The molecule has 2 rings (SSSR count). The first-order valence-corrected chi connectivity index (χ1v) is 6.48. The van der Waals surface area contributed by atoms with Gasteiger partial charge in [-0.1, -0.05) is 23.7 Å². The smallest absolute Gasteiger partial charge is 0.341 e. The highest BCUT2D eigenvalue weighted by Crippen LogP contribution is 2.31. The fourth-order valence-corrected chi connectivity index (χ4v) is 2.09. The van der Waals surface area contributed by atoms with Gasteiger partial charge in [-0.25, -0.2) is 9.48 Å². The molecule has 0 amide bonds. The Kier molecular flexibility index (Phi) is 3.48. The van der Waals surface area contributed by atoms with Gasteiger partial charge in [0.15, 0.2) is 0 Å². The van der Waals surface area contributed by atoms with Crippen LogP contribution in [0, 0.1) is 0 Å². The van der Waals surface area contributed by atoms with Crippen LogP contribution in [0.4, 0.5) is 5.82 Å². The topological polar surface area (TPSA) is 81.1 Å². The Labute approximate surface area is 122 Å². The maximum Gasteiger partial charge on any atom is 0.341 e. The number of nitrogens with two attached hydrogens (primary N) is 1. The minimum Gasteiger partial charge on any atom is -0.477 e. The number of nitrogens with zero attached hydrogens (tertiary/aromatic N) is 2. The van der Waals surface area contributed by atoms with Crippen molar-refractivity contribution in [3.63, 3.8) is 0 Å². The van der Waals surface area contributed by atoms with E-state index in [-0.39, 0.29) is 11.4 Å². The van der Waals surface area contributed by atoms with Gasteiger partial charge in [0.25, 0.3) is 0 Å². The molecule has 6 heteroatoms. The van der Waals surface area contributed by atoms with Crippen molar-refractivity contribution in [3.8, 4) is 11.3 Å². The Hall–Kier alpha value is -2.01. The van der Waals surface area contributed by atoms with Gasteiger partial charge in [-0.05, 0) is 32.9 Å². The summed E-state index contributed by atoms with van der Waals surface area (Å²) in [5, 5.41) is 14.3. The Balaban J connectivity index is 2.69. The lowest BCUT2D eigenvalue weighted by Crippen LogP contribution is -2.25. The summed E-state index contributed by atoms with van der Waals surface area (Å²) in [5.41, 5.74) is 6.58. The minimum absolute atomic E-state index is 0.0160. The quantitative estimate of drug-likeness (QED) is 0.890. The van der Waals surface area contributed by atoms with Crippen LogP contribution in [0.15, 0.2) is 24.3 Å². The third kappa shape index (κ3) is 2.49. The standard InChI is InChI=1S/C14H16ClN3O2/c1-14(2,3)18-12(16)10(13(19)20)11(17-18)8-4-6-9(15)7-5-8/h4-7H,16H2,1-3H3,(H,19,20). The maximum atomic E-state index is 11.5. The molecule has 20 heavy (non-hydrogen) atoms. The highest BCUT2D eigenvalue weighted by Gasteiger charge is 2.27. The van der Waals surface area contributed by atoms with Crippen molar-refractivity contribution in [1.29, 1.82) is 0 Å². The Morgan fingerprint density at radius 1 is 1.30 bits per heavy atom. The molecule has 0 unspecified atom stereocenters. The number of nitrogen functional groups attached to an aromatic ring is 1. The van der Waals surface area contributed by atoms with Crippen molar-refractivity contribution >= 4 is 23.4 Å². The number of rotatable bonds is 2. The summed E-state index contributed by atoms with van der Waals surface area (Å²) in [5.74, 6) is -0.946. The van der Waals surface area contributed by atoms with Crippen molar-refractivity contribution in [1.82, 2.24) is 9.78 Å². The van der Waals surface area contributed by atoms with Crippen molar-refractivity contribution < 1.29 is 9.90 Å². The van der Waals surface area contributed by atoms with E-state index >= 15 is 0 Å². The zero-order chi connectivity index (χ0) is 15.1. The third-order valence-electron chi connectivity index (χ3n) is 2.89. The first-order chi connectivity index (χ1) is 9.21. The van der Waals surface area contributed by atoms with E-state index < -0.39 is 11.5 Å². The predicted octanol–water partition coefficient (Wildman–Crippen LogP) is 3.24. The molecular formula is C14H16ClN3O2. The summed E-state index contributed by atoms with van der Waals surface area (Å²) in [4.78, 5) is 11.5. The molecule has 1 heterocycles. The fourth-order valence-electron chi connectivity index (χ4n) is 1.96. The second-order valence-electron chi connectivity index (χ2n) is 5.50. The molecule has 5 nitrogen and oxygen atoms in total. The van der Waals surface area contributed by atoms with Crippen LogP contribution in [0.5, 0.6) is 0 Å². The number of carboxylic acids is 1. The predicted molar refractivity (Wildman–Crippen MR) is 79.0 cm³/mol. The van der Waals surface area contributed by atoms with Gasteiger partial charge >= 0.3 is 5.97 Å². The number of carboxylic acid groups (broad SMARTS) is 1. The molecule has 3 N–H and O–H groups in total. The molecule has 0 radical (unpaired) electrons. The van der Waals surface area contributed by atoms with Gasteiger partial charge in [-0.15, -0.1) is 0 Å². The number of hydrogen-bond acceptors (Lipinski definition) is 3. The molecule has 2 aromatic rings. The van der Waals surface area contributed by atoms with Gasteiger partial charge in [0.05, 0.1) is 5.54 Å². The van der Waals surface area contributed by atoms with E-state index in [1.807, 2.05) is 20.8 Å². The van der Waals surface area contributed by atoms with Crippen molar-refractivity contribution in [2.75, 3.05) is 5.73 Å². The number of aromatic carboxylic acids is 1. The van der Waals surface area contributed by atoms with Gasteiger partial charge in [-0.3, -0.25) is 0 Å². The van der Waals surface area contributed by atoms with Crippen LogP contribution in [0.2, 0.25) is 5.02 Å². The zero-order valence-corrected chi connectivity index (χ0v) is 12.3. The van der Waals surface area contributed by atoms with E-state index in [1.165, 1.54) is 4.68 Å². The van der Waals surface area contributed by atoms with Crippen LogP contribution >= 0.6 is 11.6 Å². The lowest BCUT2D eigenvalue weighted by Gasteiger charge is -2.20. The molecule has 0 aliphatic rings. The number of aromatic nitrogens is 2. The van der Waals surface area contributed by atoms with E-state index in [9.17, 15) is 9.90 Å². The van der Waals surface area contributed by atoms with Crippen molar-refractivity contribution in [2.45, 2.75) is 26.3 Å². The first kappa shape index (κ1) is 14.4. The number of hydrogen-bond donors (Lipinski definition) is 2. The van der Waals surface area contributed by atoms with Gasteiger partial charge in [0, 0.05) is 10.6 Å². The monoisotopic (exact) mass is 293 g/mol. The summed E-state index contributed by atoms with van der Waals surface area (Å²) in [6.07, 6.45) is 0. The molecule has 0 saturated carbocycles. The van der Waals surface area contributed by atoms with E-state index in [0.29, 0.717) is 16.3 Å². The third-order valence-corrected chi connectivity index (χ3v) is 3.14. The largest absolute Gasteiger partial charge is 0.477 e. The Morgan fingerprint density at radius 3 is 2.30 bits per heavy atom. The molecule has 0 aliphatic heterocycles. The summed E-state index contributed by atoms with van der Waals surface area (Å²) in [6.45, 7) is 5.73. The Morgan fingerprint density at radius 2 is 1.85 bits per heavy atom. The lowest BCUT2D eigenvalue weighted by atomic mass is 10.1. The average Bonchev–Trinajstić information content (AvgIpc) is 2.67. The first-order valence-electron chi connectivity index (χ1n) is 6.10. The van der Waals surface area contributed by atoms with Crippen LogP contribution in [-0.2, 0) is 5.54 Å². The minimum atomic E-state index is -1.09. The molecule has 0 fully saturated rings. The molecule has 1 aromatic heterocycles. The zero-order valence-electron chi connectivity index (χ0n) is 11.5. The molecular weight excluding hydrogens is 278 g/mol. The van der Waals surface area contributed by atoms with Gasteiger partial charge in [0.2, 0.25) is 0 Å². The number of carbonyl (C=O) groups is 1. The van der Waals surface area contributed by atoms with Crippen LogP contribution < -0.4 is 5.73 Å². The molecule has 0 spiro atoms.